The van der Waals surface area contributed by atoms with Crippen LogP contribution in [0.5, 0.6) is 0 Å². The van der Waals surface area contributed by atoms with Crippen LogP contribution in [0.4, 0.5) is 5.69 Å². The highest BCUT2D eigenvalue weighted by Gasteiger charge is 2.55. The van der Waals surface area contributed by atoms with E-state index in [-0.39, 0.29) is 0 Å². The van der Waals surface area contributed by atoms with Crippen LogP contribution in [-0.4, -0.2) is 17.6 Å². The Labute approximate surface area is 177 Å². The van der Waals surface area contributed by atoms with Gasteiger partial charge in [-0.15, -0.1) is 0 Å². The molecule has 2 aromatic rings. The third-order valence-electron chi connectivity index (χ3n) is 6.60. The van der Waals surface area contributed by atoms with Crippen LogP contribution in [0.15, 0.2) is 54.6 Å². The summed E-state index contributed by atoms with van der Waals surface area (Å²) in [6.07, 6.45) is 6.65. The maximum Gasteiger partial charge on any atom is 0.244 e. The van der Waals surface area contributed by atoms with E-state index >= 15 is 0 Å². The number of anilines is 1. The zero-order valence-corrected chi connectivity index (χ0v) is 17.3. The number of carbonyl (C=O) groups is 3. The van der Waals surface area contributed by atoms with Crippen LogP contribution in [0.25, 0.3) is 0 Å². The molecule has 1 aliphatic carbocycles. The molecule has 5 heteroatoms. The van der Waals surface area contributed by atoms with Crippen molar-refractivity contribution in [1.29, 1.82) is 0 Å². The van der Waals surface area contributed by atoms with Crippen LogP contribution >= 0.6 is 0 Å². The average molecular weight is 405 g/mol. The lowest BCUT2D eigenvalue weighted by Gasteiger charge is -2.26. The molecular weight excluding hydrogens is 376 g/mol. The van der Waals surface area contributed by atoms with E-state index in [4.69, 9.17) is 0 Å². The zero-order valence-electron chi connectivity index (χ0n) is 17.3. The molecule has 156 valence electrons. The van der Waals surface area contributed by atoms with Crippen molar-refractivity contribution in [1.82, 2.24) is 5.32 Å². The first-order valence-electron chi connectivity index (χ1n) is 10.9. The molecule has 5 nitrogen and oxygen atoms in total. The van der Waals surface area contributed by atoms with Gasteiger partial charge in [0.25, 0.3) is 0 Å². The SMILES string of the molecule is CCC1(c2ccccc2)NC(=O)C(C(=O)Nc2ccc(C3CCCCC3)cc2)C1=O. The molecule has 2 N–H and O–H groups in total. The van der Waals surface area contributed by atoms with Gasteiger partial charge in [0.1, 0.15) is 5.54 Å². The minimum absolute atomic E-state index is 0.390. The fourth-order valence-electron chi connectivity index (χ4n) is 4.84. The number of ketones is 1. The second kappa shape index (κ2) is 8.42. The van der Waals surface area contributed by atoms with E-state index in [0.717, 1.165) is 0 Å². The Balaban J connectivity index is 1.49. The molecule has 0 bridgehead atoms. The molecule has 0 radical (unpaired) electrons. The molecule has 2 atom stereocenters. The topological polar surface area (TPSA) is 75.3 Å². The van der Waals surface area contributed by atoms with Crippen LogP contribution in [0.1, 0.15) is 62.5 Å². The highest BCUT2D eigenvalue weighted by Crippen LogP contribution is 2.35. The molecule has 1 heterocycles. The maximum atomic E-state index is 13.2. The molecule has 0 spiro atoms. The van der Waals surface area contributed by atoms with Gasteiger partial charge in [-0.2, -0.15) is 0 Å². The molecule has 2 amide bonds. The molecule has 2 aromatic carbocycles. The molecule has 30 heavy (non-hydrogen) atoms. The van der Waals surface area contributed by atoms with Gasteiger partial charge in [-0.1, -0.05) is 68.7 Å². The lowest BCUT2D eigenvalue weighted by molar-refractivity contribution is -0.135. The minimum Gasteiger partial charge on any atom is -0.339 e. The second-order valence-corrected chi connectivity index (χ2v) is 8.36. The van der Waals surface area contributed by atoms with Gasteiger partial charge in [0.15, 0.2) is 11.7 Å². The van der Waals surface area contributed by atoms with E-state index in [9.17, 15) is 14.4 Å². The van der Waals surface area contributed by atoms with Crippen LogP contribution in [0, 0.1) is 5.92 Å². The first kappa shape index (κ1) is 20.3. The zero-order chi connectivity index (χ0) is 21.1. The molecular formula is C25H28N2O3. The molecule has 2 unspecified atom stereocenters. The maximum absolute atomic E-state index is 13.2. The van der Waals surface area contributed by atoms with E-state index in [2.05, 4.69) is 10.6 Å². The average Bonchev–Trinajstić information content (AvgIpc) is 3.06. The van der Waals surface area contributed by atoms with Gasteiger partial charge in [0.05, 0.1) is 0 Å². The summed E-state index contributed by atoms with van der Waals surface area (Å²) in [5.74, 6) is -2.27. The van der Waals surface area contributed by atoms with Gasteiger partial charge >= 0.3 is 0 Å². The third-order valence-corrected chi connectivity index (χ3v) is 6.60. The number of hydrogen-bond donors (Lipinski definition) is 2. The number of Topliss-reactive ketones (excluding diaryl/α,β-unsaturated/α-hetero) is 1. The number of hydrogen-bond acceptors (Lipinski definition) is 3. The predicted molar refractivity (Wildman–Crippen MR) is 116 cm³/mol. The first-order valence-corrected chi connectivity index (χ1v) is 10.9. The highest BCUT2D eigenvalue weighted by atomic mass is 16.2. The van der Waals surface area contributed by atoms with Crippen LogP contribution in [-0.2, 0) is 19.9 Å². The molecule has 1 saturated heterocycles. The fourth-order valence-corrected chi connectivity index (χ4v) is 4.84. The van der Waals surface area contributed by atoms with E-state index in [1.807, 2.05) is 61.5 Å². The third kappa shape index (κ3) is 3.64. The molecule has 2 fully saturated rings. The van der Waals surface area contributed by atoms with E-state index in [0.29, 0.717) is 23.6 Å². The lowest BCUT2D eigenvalue weighted by atomic mass is 9.82. The van der Waals surface area contributed by atoms with Crippen LogP contribution in [0.2, 0.25) is 0 Å². The van der Waals surface area contributed by atoms with Crippen LogP contribution < -0.4 is 10.6 Å². The number of nitrogens with one attached hydrogen (secondary N) is 2. The summed E-state index contributed by atoms with van der Waals surface area (Å²) in [5.41, 5.74) is 1.45. The quantitative estimate of drug-likeness (QED) is 0.730. The Bertz CT molecular complexity index is 933. The van der Waals surface area contributed by atoms with Gasteiger partial charge in [0.2, 0.25) is 11.8 Å². The van der Waals surface area contributed by atoms with E-state index < -0.39 is 29.1 Å². The Morgan fingerprint density at radius 2 is 1.67 bits per heavy atom. The molecule has 4 rings (SSSR count). The Hall–Kier alpha value is -2.95. The summed E-state index contributed by atoms with van der Waals surface area (Å²) in [7, 11) is 0. The van der Waals surface area contributed by atoms with Crippen molar-refractivity contribution in [2.24, 2.45) is 5.92 Å². The van der Waals surface area contributed by atoms with Crippen molar-refractivity contribution < 1.29 is 14.4 Å². The van der Waals surface area contributed by atoms with Crippen molar-refractivity contribution in [3.05, 3.63) is 65.7 Å². The fraction of sp³-hybridized carbons (Fsp3) is 0.400. The van der Waals surface area contributed by atoms with Crippen molar-refractivity contribution in [2.45, 2.75) is 56.9 Å². The van der Waals surface area contributed by atoms with Crippen molar-refractivity contribution in [2.75, 3.05) is 5.32 Å². The summed E-state index contributed by atoms with van der Waals surface area (Å²) in [5, 5.41) is 5.57. The van der Waals surface area contributed by atoms with Gasteiger partial charge in [0, 0.05) is 5.69 Å². The number of amides is 2. The largest absolute Gasteiger partial charge is 0.339 e. The predicted octanol–water partition coefficient (Wildman–Crippen LogP) is 4.29. The molecule has 2 aliphatic rings. The Morgan fingerprint density at radius 3 is 2.30 bits per heavy atom. The number of benzene rings is 2. The molecule has 0 aromatic heterocycles. The number of rotatable bonds is 5. The monoisotopic (exact) mass is 404 g/mol. The van der Waals surface area contributed by atoms with Gasteiger partial charge in [-0.25, -0.2) is 0 Å². The summed E-state index contributed by atoms with van der Waals surface area (Å²) in [4.78, 5) is 38.7. The normalized spacial score (nSPS) is 24.5. The van der Waals surface area contributed by atoms with Gasteiger partial charge in [-0.05, 0) is 48.4 Å². The summed E-state index contributed by atoms with van der Waals surface area (Å²) >= 11 is 0. The summed E-state index contributed by atoms with van der Waals surface area (Å²) in [6, 6.07) is 17.0. The lowest BCUT2D eigenvalue weighted by Crippen LogP contribution is -2.43. The smallest absolute Gasteiger partial charge is 0.244 e. The van der Waals surface area contributed by atoms with Crippen molar-refractivity contribution >= 4 is 23.3 Å². The van der Waals surface area contributed by atoms with Crippen LogP contribution in [0.3, 0.4) is 0 Å². The van der Waals surface area contributed by atoms with E-state index in [1.54, 1.807) is 0 Å². The highest BCUT2D eigenvalue weighted by molar-refractivity contribution is 6.27. The summed E-state index contributed by atoms with van der Waals surface area (Å²) < 4.78 is 0. The van der Waals surface area contributed by atoms with Gasteiger partial charge < -0.3 is 10.6 Å². The standard InChI is InChI=1S/C25H28N2O3/c1-2-25(19-11-7-4-8-12-19)22(28)21(24(30)27-25)23(29)26-20-15-13-18(14-16-20)17-9-5-3-6-10-17/h4,7-8,11-17,21H,2-3,5-6,9-10H2,1H3,(H,26,29)(H,27,30). The van der Waals surface area contributed by atoms with Crippen molar-refractivity contribution in [3.8, 4) is 0 Å². The molecule has 1 saturated carbocycles. The minimum atomic E-state index is -1.34. The Kier molecular flexibility index (Phi) is 5.71. The molecule has 1 aliphatic heterocycles. The van der Waals surface area contributed by atoms with Crippen molar-refractivity contribution in [3.63, 3.8) is 0 Å². The summed E-state index contributed by atoms with van der Waals surface area (Å²) in [6.45, 7) is 1.84. The second-order valence-electron chi connectivity index (χ2n) is 8.36. The van der Waals surface area contributed by atoms with Gasteiger partial charge in [-0.3, -0.25) is 14.4 Å². The Morgan fingerprint density at radius 1 is 1.00 bits per heavy atom. The van der Waals surface area contributed by atoms with E-state index in [1.165, 1.54) is 37.7 Å². The number of carbonyl (C=O) groups excluding carboxylic acids is 3. The first-order chi connectivity index (χ1) is 14.5.